The molecule has 0 aliphatic carbocycles. The summed E-state index contributed by atoms with van der Waals surface area (Å²) in [7, 11) is 1.95. The molecule has 1 fully saturated rings. The monoisotopic (exact) mass is 273 g/mol. The molecule has 1 aromatic carbocycles. The average molecular weight is 273 g/mol. The molecule has 0 spiro atoms. The summed E-state index contributed by atoms with van der Waals surface area (Å²) in [5.74, 6) is 0.278. The van der Waals surface area contributed by atoms with Gasteiger partial charge in [0.1, 0.15) is 0 Å². The highest BCUT2D eigenvalue weighted by atomic mass is 16.2. The summed E-state index contributed by atoms with van der Waals surface area (Å²) in [5, 5.41) is 3.18. The lowest BCUT2D eigenvalue weighted by atomic mass is 10.1. The minimum Gasteiger partial charge on any atom is -0.319 e. The van der Waals surface area contributed by atoms with Gasteiger partial charge in [-0.1, -0.05) is 12.1 Å². The van der Waals surface area contributed by atoms with Crippen molar-refractivity contribution in [3.05, 3.63) is 35.4 Å². The van der Waals surface area contributed by atoms with Crippen molar-refractivity contribution in [2.24, 2.45) is 5.92 Å². The highest BCUT2D eigenvalue weighted by molar-refractivity contribution is 6.21. The lowest BCUT2D eigenvalue weighted by Gasteiger charge is -2.22. The number of carbonyl (C=O) groups excluding carboxylic acids is 2. The maximum Gasteiger partial charge on any atom is 0.262 e. The van der Waals surface area contributed by atoms with Crippen molar-refractivity contribution in [2.45, 2.75) is 6.42 Å². The lowest BCUT2D eigenvalue weighted by molar-refractivity contribution is 0.0561. The van der Waals surface area contributed by atoms with E-state index in [4.69, 9.17) is 0 Å². The normalized spacial score (nSPS) is 22.6. The van der Waals surface area contributed by atoms with Gasteiger partial charge >= 0.3 is 0 Å². The van der Waals surface area contributed by atoms with Crippen LogP contribution in [0.15, 0.2) is 24.3 Å². The number of hydrogen-bond acceptors (Lipinski definition) is 4. The van der Waals surface area contributed by atoms with E-state index in [1.165, 1.54) is 4.90 Å². The van der Waals surface area contributed by atoms with Crippen LogP contribution in [-0.2, 0) is 0 Å². The van der Waals surface area contributed by atoms with Gasteiger partial charge in [0.05, 0.1) is 17.8 Å². The Bertz CT molecular complexity index is 509. The first kappa shape index (κ1) is 13.3. The van der Waals surface area contributed by atoms with E-state index in [-0.39, 0.29) is 11.8 Å². The fourth-order valence-electron chi connectivity index (χ4n) is 3.06. The van der Waals surface area contributed by atoms with Gasteiger partial charge in [0.15, 0.2) is 0 Å². The van der Waals surface area contributed by atoms with Crippen molar-refractivity contribution in [1.29, 1.82) is 0 Å². The zero-order valence-corrected chi connectivity index (χ0v) is 11.6. The van der Waals surface area contributed by atoms with Gasteiger partial charge in [-0.3, -0.25) is 19.4 Å². The number of nitrogens with zero attached hydrogens (tertiary/aromatic N) is 2. The Morgan fingerprint density at radius 3 is 2.45 bits per heavy atom. The van der Waals surface area contributed by atoms with Crippen LogP contribution in [-0.4, -0.2) is 55.0 Å². The number of hydrogen-bond donors (Lipinski definition) is 1. The van der Waals surface area contributed by atoms with E-state index in [0.29, 0.717) is 23.7 Å². The number of amides is 2. The molecular formula is C15H19N3O2. The summed E-state index contributed by atoms with van der Waals surface area (Å²) in [6.07, 6.45) is 1.12. The molecule has 2 aliphatic rings. The summed E-state index contributed by atoms with van der Waals surface area (Å²) in [6.45, 7) is 3.28. The summed E-state index contributed by atoms with van der Waals surface area (Å²) in [5.41, 5.74) is 1.06. The van der Waals surface area contributed by atoms with Gasteiger partial charge in [-0.2, -0.15) is 0 Å². The van der Waals surface area contributed by atoms with E-state index < -0.39 is 0 Å². The van der Waals surface area contributed by atoms with E-state index in [9.17, 15) is 9.59 Å². The first-order chi connectivity index (χ1) is 9.70. The van der Waals surface area contributed by atoms with Gasteiger partial charge in [-0.25, -0.2) is 0 Å². The standard InChI is InChI=1S/C15H19N3O2/c1-16-8-11-6-7-17(9-11)10-18-14(19)12-4-2-3-5-13(12)15(18)20/h2-5,11,16H,6-10H2,1H3. The van der Waals surface area contributed by atoms with Crippen LogP contribution < -0.4 is 5.32 Å². The predicted molar refractivity (Wildman–Crippen MR) is 75.4 cm³/mol. The van der Waals surface area contributed by atoms with Gasteiger partial charge in [-0.05, 0) is 38.1 Å². The summed E-state index contributed by atoms with van der Waals surface area (Å²) in [6, 6.07) is 7.05. The Hall–Kier alpha value is -1.72. The van der Waals surface area contributed by atoms with Crippen LogP contribution in [0.2, 0.25) is 0 Å². The Labute approximate surface area is 118 Å². The number of benzene rings is 1. The molecule has 2 amide bonds. The Balaban J connectivity index is 1.68. The number of nitrogens with one attached hydrogen (secondary N) is 1. The highest BCUT2D eigenvalue weighted by Crippen LogP contribution is 2.24. The van der Waals surface area contributed by atoms with Crippen molar-refractivity contribution in [3.63, 3.8) is 0 Å². The van der Waals surface area contributed by atoms with Crippen LogP contribution in [0.25, 0.3) is 0 Å². The molecule has 0 saturated carbocycles. The molecule has 0 bridgehead atoms. The minimum atomic E-state index is -0.164. The van der Waals surface area contributed by atoms with E-state index >= 15 is 0 Å². The molecule has 1 N–H and O–H groups in total. The van der Waals surface area contributed by atoms with Crippen molar-refractivity contribution >= 4 is 11.8 Å². The van der Waals surface area contributed by atoms with Gasteiger partial charge < -0.3 is 5.32 Å². The number of fused-ring (bicyclic) bond motifs is 1. The maximum absolute atomic E-state index is 12.3. The molecule has 20 heavy (non-hydrogen) atoms. The molecule has 1 aromatic rings. The smallest absolute Gasteiger partial charge is 0.262 e. The summed E-state index contributed by atoms with van der Waals surface area (Å²) < 4.78 is 0. The third-order valence-corrected chi connectivity index (χ3v) is 4.08. The van der Waals surface area contributed by atoms with Crippen molar-refractivity contribution in [1.82, 2.24) is 15.1 Å². The van der Waals surface area contributed by atoms with Crippen molar-refractivity contribution in [2.75, 3.05) is 33.4 Å². The molecule has 5 nitrogen and oxygen atoms in total. The molecule has 1 saturated heterocycles. The molecule has 5 heteroatoms. The molecule has 3 rings (SSSR count). The number of likely N-dealkylation sites (tertiary alicyclic amines) is 1. The lowest BCUT2D eigenvalue weighted by Crippen LogP contribution is -2.40. The van der Waals surface area contributed by atoms with E-state index in [1.54, 1.807) is 24.3 Å². The van der Waals surface area contributed by atoms with E-state index in [2.05, 4.69) is 10.2 Å². The largest absolute Gasteiger partial charge is 0.319 e. The van der Waals surface area contributed by atoms with Crippen molar-refractivity contribution < 1.29 is 9.59 Å². The average Bonchev–Trinajstić information content (AvgIpc) is 2.99. The Morgan fingerprint density at radius 1 is 1.20 bits per heavy atom. The molecule has 1 unspecified atom stereocenters. The first-order valence-corrected chi connectivity index (χ1v) is 7.03. The SMILES string of the molecule is CNCC1CCN(CN2C(=O)c3ccccc3C2=O)C1. The highest BCUT2D eigenvalue weighted by Gasteiger charge is 2.37. The summed E-state index contributed by atoms with van der Waals surface area (Å²) >= 11 is 0. The van der Waals surface area contributed by atoms with E-state index in [1.807, 2.05) is 7.05 Å². The Kier molecular flexibility index (Phi) is 3.54. The minimum absolute atomic E-state index is 0.164. The third-order valence-electron chi connectivity index (χ3n) is 4.08. The van der Waals surface area contributed by atoms with Gasteiger partial charge in [0, 0.05) is 13.1 Å². The van der Waals surface area contributed by atoms with Crippen LogP contribution in [0, 0.1) is 5.92 Å². The molecule has 106 valence electrons. The number of carbonyl (C=O) groups is 2. The molecule has 2 heterocycles. The number of imide groups is 1. The van der Waals surface area contributed by atoms with Crippen LogP contribution >= 0.6 is 0 Å². The van der Waals surface area contributed by atoms with Crippen LogP contribution in [0.4, 0.5) is 0 Å². The second-order valence-electron chi connectivity index (χ2n) is 5.51. The molecule has 2 aliphatic heterocycles. The van der Waals surface area contributed by atoms with Gasteiger partial charge in [0.25, 0.3) is 11.8 Å². The fourth-order valence-corrected chi connectivity index (χ4v) is 3.06. The van der Waals surface area contributed by atoms with Crippen LogP contribution in [0.3, 0.4) is 0 Å². The quantitative estimate of drug-likeness (QED) is 0.824. The summed E-state index contributed by atoms with van der Waals surface area (Å²) in [4.78, 5) is 28.1. The predicted octanol–water partition coefficient (Wildman–Crippen LogP) is 0.781. The first-order valence-electron chi connectivity index (χ1n) is 7.03. The molecule has 0 aromatic heterocycles. The Morgan fingerprint density at radius 2 is 1.85 bits per heavy atom. The molecular weight excluding hydrogens is 254 g/mol. The van der Waals surface area contributed by atoms with Gasteiger partial charge in [0.2, 0.25) is 0 Å². The second kappa shape index (κ2) is 5.34. The number of rotatable bonds is 4. The topological polar surface area (TPSA) is 52.6 Å². The zero-order valence-electron chi connectivity index (χ0n) is 11.6. The molecule has 1 atom stereocenters. The van der Waals surface area contributed by atoms with Crippen molar-refractivity contribution in [3.8, 4) is 0 Å². The second-order valence-corrected chi connectivity index (χ2v) is 5.51. The van der Waals surface area contributed by atoms with E-state index in [0.717, 1.165) is 26.1 Å². The maximum atomic E-state index is 12.3. The zero-order chi connectivity index (χ0) is 14.1. The fraction of sp³-hybridized carbons (Fsp3) is 0.467. The van der Waals surface area contributed by atoms with Gasteiger partial charge in [-0.15, -0.1) is 0 Å². The van der Waals surface area contributed by atoms with Crippen LogP contribution in [0.5, 0.6) is 0 Å². The van der Waals surface area contributed by atoms with Crippen LogP contribution in [0.1, 0.15) is 27.1 Å². The third kappa shape index (κ3) is 2.23. The molecule has 0 radical (unpaired) electrons.